The molecule has 3 aromatic rings. The van der Waals surface area contributed by atoms with Crippen molar-refractivity contribution in [3.05, 3.63) is 84.2 Å². The quantitative estimate of drug-likeness (QED) is 0.734. The molecule has 3 rings (SSSR count). The lowest BCUT2D eigenvalue weighted by atomic mass is 10.2. The highest BCUT2D eigenvalue weighted by atomic mass is 32.2. The summed E-state index contributed by atoms with van der Waals surface area (Å²) in [7, 11) is -2.26. The van der Waals surface area contributed by atoms with Crippen molar-refractivity contribution < 1.29 is 13.2 Å². The Hall–Kier alpha value is -3.19. The van der Waals surface area contributed by atoms with Crippen molar-refractivity contribution in [1.82, 2.24) is 4.98 Å². The molecule has 27 heavy (non-hydrogen) atoms. The summed E-state index contributed by atoms with van der Waals surface area (Å²) in [6.07, 6.45) is 1.48. The van der Waals surface area contributed by atoms with Gasteiger partial charge in [-0.05, 0) is 49.4 Å². The van der Waals surface area contributed by atoms with E-state index in [2.05, 4.69) is 10.3 Å². The summed E-state index contributed by atoms with van der Waals surface area (Å²) < 4.78 is 27.0. The molecule has 0 bridgehead atoms. The summed E-state index contributed by atoms with van der Waals surface area (Å²) in [5, 5.41) is 2.71. The topological polar surface area (TPSA) is 79.4 Å². The molecule has 0 fully saturated rings. The zero-order valence-corrected chi connectivity index (χ0v) is 15.8. The van der Waals surface area contributed by atoms with E-state index in [9.17, 15) is 13.2 Å². The largest absolute Gasteiger partial charge is 0.322 e. The third-order valence-electron chi connectivity index (χ3n) is 4.04. The van der Waals surface area contributed by atoms with Crippen LogP contribution < -0.4 is 9.62 Å². The van der Waals surface area contributed by atoms with Gasteiger partial charge in [0.15, 0.2) is 0 Å². The van der Waals surface area contributed by atoms with Gasteiger partial charge in [-0.2, -0.15) is 0 Å². The van der Waals surface area contributed by atoms with Crippen LogP contribution in [0.2, 0.25) is 0 Å². The molecule has 0 aliphatic carbocycles. The number of carbonyl (C=O) groups excluding carboxylic acids is 1. The third-order valence-corrected chi connectivity index (χ3v) is 5.83. The number of benzene rings is 2. The van der Waals surface area contributed by atoms with Crippen LogP contribution in [0.4, 0.5) is 11.4 Å². The van der Waals surface area contributed by atoms with Gasteiger partial charge in [0.1, 0.15) is 0 Å². The first kappa shape index (κ1) is 18.6. The second-order valence-corrected chi connectivity index (χ2v) is 7.95. The van der Waals surface area contributed by atoms with E-state index in [1.54, 1.807) is 48.5 Å². The van der Waals surface area contributed by atoms with Crippen LogP contribution >= 0.6 is 0 Å². The molecule has 0 aliphatic heterocycles. The van der Waals surface area contributed by atoms with Gasteiger partial charge in [0.2, 0.25) is 0 Å². The number of nitrogens with one attached hydrogen (secondary N) is 1. The normalized spacial score (nSPS) is 11.0. The molecule has 1 heterocycles. The zero-order chi connectivity index (χ0) is 19.4. The van der Waals surface area contributed by atoms with E-state index in [0.717, 1.165) is 5.69 Å². The maximum absolute atomic E-state index is 12.9. The van der Waals surface area contributed by atoms with Gasteiger partial charge < -0.3 is 5.32 Å². The summed E-state index contributed by atoms with van der Waals surface area (Å²) in [5.41, 5.74) is 2.15. The lowest BCUT2D eigenvalue weighted by Gasteiger charge is -2.19. The molecule has 1 aromatic heterocycles. The molecule has 2 aromatic carbocycles. The number of aromatic nitrogens is 1. The van der Waals surface area contributed by atoms with Crippen LogP contribution in [-0.2, 0) is 10.0 Å². The predicted octanol–water partition coefficient (Wildman–Crippen LogP) is 3.47. The minimum Gasteiger partial charge on any atom is -0.322 e. The number of amides is 1. The van der Waals surface area contributed by atoms with Crippen molar-refractivity contribution in [2.45, 2.75) is 11.8 Å². The second kappa shape index (κ2) is 7.59. The summed E-state index contributed by atoms with van der Waals surface area (Å²) in [4.78, 5) is 16.5. The van der Waals surface area contributed by atoms with Gasteiger partial charge in [-0.25, -0.2) is 8.42 Å². The number of nitrogens with zero attached hydrogens (tertiary/aromatic N) is 2. The van der Waals surface area contributed by atoms with Crippen LogP contribution in [0.1, 0.15) is 16.1 Å². The van der Waals surface area contributed by atoms with Gasteiger partial charge in [0.25, 0.3) is 15.9 Å². The molecule has 0 atom stereocenters. The first-order chi connectivity index (χ1) is 12.9. The van der Waals surface area contributed by atoms with Crippen LogP contribution in [-0.4, -0.2) is 26.4 Å². The molecule has 0 aliphatic rings. The lowest BCUT2D eigenvalue weighted by Crippen LogP contribution is -2.26. The smallest absolute Gasteiger partial charge is 0.264 e. The van der Waals surface area contributed by atoms with Gasteiger partial charge in [0.05, 0.1) is 16.1 Å². The molecule has 1 amide bonds. The van der Waals surface area contributed by atoms with Crippen molar-refractivity contribution >= 4 is 27.3 Å². The molecule has 1 N–H and O–H groups in total. The number of para-hydroxylation sites is 1. The summed E-state index contributed by atoms with van der Waals surface area (Å²) in [6, 6.07) is 18.4. The Morgan fingerprint density at radius 1 is 1.00 bits per heavy atom. The van der Waals surface area contributed by atoms with E-state index in [-0.39, 0.29) is 10.8 Å². The Kier molecular flexibility index (Phi) is 5.23. The van der Waals surface area contributed by atoms with E-state index >= 15 is 0 Å². The number of hydrogen-bond donors (Lipinski definition) is 1. The fraction of sp³-hybridized carbons (Fsp3) is 0.100. The highest BCUT2D eigenvalue weighted by molar-refractivity contribution is 7.92. The van der Waals surface area contributed by atoms with E-state index in [0.29, 0.717) is 16.9 Å². The monoisotopic (exact) mass is 381 g/mol. The number of aryl methyl sites for hydroxylation is 1. The van der Waals surface area contributed by atoms with Gasteiger partial charge >= 0.3 is 0 Å². The number of hydrogen-bond acceptors (Lipinski definition) is 4. The highest BCUT2D eigenvalue weighted by Crippen LogP contribution is 2.23. The Morgan fingerprint density at radius 3 is 2.41 bits per heavy atom. The molecular weight excluding hydrogens is 362 g/mol. The van der Waals surface area contributed by atoms with Crippen molar-refractivity contribution in [1.29, 1.82) is 0 Å². The summed E-state index contributed by atoms with van der Waals surface area (Å²) in [6.45, 7) is 1.83. The molecule has 138 valence electrons. The van der Waals surface area contributed by atoms with Crippen molar-refractivity contribution in [2.75, 3.05) is 16.7 Å². The summed E-state index contributed by atoms with van der Waals surface area (Å²) in [5.74, 6) is -0.353. The van der Waals surface area contributed by atoms with Gasteiger partial charge in [-0.3, -0.25) is 14.1 Å². The van der Waals surface area contributed by atoms with Crippen molar-refractivity contribution in [2.24, 2.45) is 0 Å². The second-order valence-electron chi connectivity index (χ2n) is 5.98. The number of pyridine rings is 1. The van der Waals surface area contributed by atoms with E-state index in [1.807, 2.05) is 13.0 Å². The number of rotatable bonds is 5. The van der Waals surface area contributed by atoms with E-state index < -0.39 is 10.0 Å². The molecule has 7 heteroatoms. The average Bonchev–Trinajstić information content (AvgIpc) is 2.68. The fourth-order valence-electron chi connectivity index (χ4n) is 2.47. The molecule has 0 saturated carbocycles. The number of sulfonamides is 1. The highest BCUT2D eigenvalue weighted by Gasteiger charge is 2.21. The lowest BCUT2D eigenvalue weighted by molar-refractivity contribution is 0.102. The predicted molar refractivity (Wildman–Crippen MR) is 105 cm³/mol. The Bertz CT molecular complexity index is 1050. The average molecular weight is 381 g/mol. The minimum atomic E-state index is -3.75. The van der Waals surface area contributed by atoms with Gasteiger partial charge in [-0.1, -0.05) is 24.3 Å². The minimum absolute atomic E-state index is 0.0914. The molecule has 6 nitrogen and oxygen atoms in total. The van der Waals surface area contributed by atoms with Gasteiger partial charge in [0, 0.05) is 24.6 Å². The standard InChI is InChI=1S/C20H19N3O3S/c1-15-11-12-16(14-21-15)20(24)22-17-7-6-10-19(13-17)27(25,26)23(2)18-8-4-3-5-9-18/h3-14H,1-2H3,(H,22,24). The Morgan fingerprint density at radius 2 is 1.74 bits per heavy atom. The zero-order valence-electron chi connectivity index (χ0n) is 15.0. The van der Waals surface area contributed by atoms with E-state index in [1.165, 1.54) is 29.7 Å². The van der Waals surface area contributed by atoms with Crippen LogP contribution in [0, 0.1) is 6.92 Å². The molecule has 0 saturated heterocycles. The van der Waals surface area contributed by atoms with Crippen LogP contribution in [0.5, 0.6) is 0 Å². The number of carbonyl (C=O) groups is 1. The molecule has 0 radical (unpaired) electrons. The first-order valence-corrected chi connectivity index (χ1v) is 9.70. The number of anilines is 2. The maximum Gasteiger partial charge on any atom is 0.264 e. The SMILES string of the molecule is Cc1ccc(C(=O)Nc2cccc(S(=O)(=O)N(C)c3ccccc3)c2)cn1. The molecular formula is C20H19N3O3S. The van der Waals surface area contributed by atoms with Crippen molar-refractivity contribution in [3.8, 4) is 0 Å². The van der Waals surface area contributed by atoms with Crippen molar-refractivity contribution in [3.63, 3.8) is 0 Å². The van der Waals surface area contributed by atoms with Crippen LogP contribution in [0.15, 0.2) is 77.8 Å². The molecule has 0 unspecified atom stereocenters. The van der Waals surface area contributed by atoms with Crippen LogP contribution in [0.3, 0.4) is 0 Å². The first-order valence-electron chi connectivity index (χ1n) is 8.26. The van der Waals surface area contributed by atoms with E-state index in [4.69, 9.17) is 0 Å². The third kappa shape index (κ3) is 4.15. The Balaban J connectivity index is 1.84. The maximum atomic E-state index is 12.9. The fourth-order valence-corrected chi connectivity index (χ4v) is 3.72. The van der Waals surface area contributed by atoms with Gasteiger partial charge in [-0.15, -0.1) is 0 Å². The molecule has 0 spiro atoms. The Labute approximate surface area is 158 Å². The summed E-state index contributed by atoms with van der Waals surface area (Å²) >= 11 is 0. The van der Waals surface area contributed by atoms with Crippen LogP contribution in [0.25, 0.3) is 0 Å².